The molecule has 1 heterocycles. The summed E-state index contributed by atoms with van der Waals surface area (Å²) in [5, 5.41) is 7.98. The lowest BCUT2D eigenvalue weighted by molar-refractivity contribution is 0.210. The average Bonchev–Trinajstić information content (AvgIpc) is 2.34. The molecule has 1 aromatic heterocycles. The van der Waals surface area contributed by atoms with Gasteiger partial charge in [0.2, 0.25) is 5.13 Å². The Morgan fingerprint density at radius 1 is 1.89 bits per heavy atom. The van der Waals surface area contributed by atoms with E-state index in [2.05, 4.69) is 15.7 Å². The van der Waals surface area contributed by atoms with Crippen molar-refractivity contribution in [3.05, 3.63) is 5.51 Å². The standard InChI is InChI=1S/C4H7N3OS/c1-2-8-7-4-6-5-3-9-4/h3H,2H2,1H3,(H,6,7). The maximum Gasteiger partial charge on any atom is 0.229 e. The summed E-state index contributed by atoms with van der Waals surface area (Å²) in [4.78, 5) is 4.84. The number of aromatic nitrogens is 2. The number of rotatable bonds is 3. The van der Waals surface area contributed by atoms with Crippen molar-refractivity contribution in [2.24, 2.45) is 0 Å². The second-order valence-electron chi connectivity index (χ2n) is 1.28. The van der Waals surface area contributed by atoms with Crippen LogP contribution >= 0.6 is 11.3 Å². The maximum atomic E-state index is 4.84. The summed E-state index contributed by atoms with van der Waals surface area (Å²) in [6.45, 7) is 2.52. The van der Waals surface area contributed by atoms with Crippen LogP contribution < -0.4 is 5.48 Å². The third-order valence-corrected chi connectivity index (χ3v) is 1.25. The third kappa shape index (κ3) is 1.95. The Labute approximate surface area is 56.8 Å². The summed E-state index contributed by atoms with van der Waals surface area (Å²) in [5.74, 6) is 0. The molecular weight excluding hydrogens is 138 g/mol. The van der Waals surface area contributed by atoms with E-state index in [9.17, 15) is 0 Å². The monoisotopic (exact) mass is 145 g/mol. The fraction of sp³-hybridized carbons (Fsp3) is 0.500. The van der Waals surface area contributed by atoms with Crippen LogP contribution in [-0.4, -0.2) is 16.8 Å². The molecule has 0 fully saturated rings. The molecule has 0 aliphatic rings. The van der Waals surface area contributed by atoms with Crippen molar-refractivity contribution in [3.8, 4) is 0 Å². The summed E-state index contributed by atoms with van der Waals surface area (Å²) in [7, 11) is 0. The predicted octanol–water partition coefficient (Wildman–Crippen LogP) is 0.901. The van der Waals surface area contributed by atoms with E-state index < -0.39 is 0 Å². The molecule has 0 unspecified atom stereocenters. The molecule has 1 rings (SSSR count). The van der Waals surface area contributed by atoms with Crippen LogP contribution in [0.4, 0.5) is 5.13 Å². The average molecular weight is 145 g/mol. The third-order valence-electron chi connectivity index (χ3n) is 0.664. The van der Waals surface area contributed by atoms with Crippen molar-refractivity contribution >= 4 is 16.5 Å². The Morgan fingerprint density at radius 3 is 3.33 bits per heavy atom. The molecule has 0 aromatic carbocycles. The Kier molecular flexibility index (Phi) is 2.41. The van der Waals surface area contributed by atoms with Crippen molar-refractivity contribution < 1.29 is 4.84 Å². The highest BCUT2D eigenvalue weighted by atomic mass is 32.1. The molecule has 0 bridgehead atoms. The largest absolute Gasteiger partial charge is 0.274 e. The van der Waals surface area contributed by atoms with E-state index in [1.54, 1.807) is 5.51 Å². The summed E-state index contributed by atoms with van der Waals surface area (Å²) in [6.07, 6.45) is 0. The molecule has 0 spiro atoms. The Balaban J connectivity index is 2.30. The zero-order valence-electron chi connectivity index (χ0n) is 5.00. The van der Waals surface area contributed by atoms with Crippen LogP contribution in [0.25, 0.3) is 0 Å². The van der Waals surface area contributed by atoms with Crippen molar-refractivity contribution in [3.63, 3.8) is 0 Å². The first kappa shape index (κ1) is 6.44. The van der Waals surface area contributed by atoms with Gasteiger partial charge >= 0.3 is 0 Å². The van der Waals surface area contributed by atoms with E-state index in [-0.39, 0.29) is 0 Å². The Morgan fingerprint density at radius 2 is 2.78 bits per heavy atom. The molecule has 5 heteroatoms. The summed E-state index contributed by atoms with van der Waals surface area (Å²) >= 11 is 1.40. The summed E-state index contributed by atoms with van der Waals surface area (Å²) in [5.41, 5.74) is 4.26. The van der Waals surface area contributed by atoms with E-state index in [4.69, 9.17) is 4.84 Å². The molecule has 0 aliphatic carbocycles. The van der Waals surface area contributed by atoms with Gasteiger partial charge in [-0.2, -0.15) is 0 Å². The van der Waals surface area contributed by atoms with E-state index in [1.807, 2.05) is 6.92 Å². The Bertz CT molecular complexity index is 153. The number of anilines is 1. The number of nitrogens with zero attached hydrogens (tertiary/aromatic N) is 2. The zero-order chi connectivity index (χ0) is 6.53. The van der Waals surface area contributed by atoms with Gasteiger partial charge < -0.3 is 0 Å². The van der Waals surface area contributed by atoms with Crippen molar-refractivity contribution in [2.75, 3.05) is 12.1 Å². The van der Waals surface area contributed by atoms with Gasteiger partial charge in [-0.25, -0.2) is 5.48 Å². The normalized spacial score (nSPS) is 9.44. The molecule has 0 saturated heterocycles. The topological polar surface area (TPSA) is 47.0 Å². The highest BCUT2D eigenvalue weighted by molar-refractivity contribution is 7.13. The molecule has 0 radical (unpaired) electrons. The zero-order valence-corrected chi connectivity index (χ0v) is 5.81. The second kappa shape index (κ2) is 3.37. The van der Waals surface area contributed by atoms with Gasteiger partial charge in [-0.1, -0.05) is 11.3 Å². The summed E-state index contributed by atoms with van der Waals surface area (Å²) in [6, 6.07) is 0. The van der Waals surface area contributed by atoms with Gasteiger partial charge in [-0.15, -0.1) is 10.2 Å². The number of nitrogens with one attached hydrogen (secondary N) is 1. The minimum Gasteiger partial charge on any atom is -0.274 e. The molecule has 0 atom stereocenters. The number of hydrogen-bond donors (Lipinski definition) is 1. The van der Waals surface area contributed by atoms with Crippen LogP contribution in [0, 0.1) is 0 Å². The van der Waals surface area contributed by atoms with Gasteiger partial charge in [0, 0.05) is 0 Å². The van der Waals surface area contributed by atoms with Gasteiger partial charge in [0.1, 0.15) is 5.51 Å². The highest BCUT2D eigenvalue weighted by Gasteiger charge is 1.90. The van der Waals surface area contributed by atoms with Gasteiger partial charge in [-0.05, 0) is 6.92 Å². The second-order valence-corrected chi connectivity index (χ2v) is 2.11. The lowest BCUT2D eigenvalue weighted by atomic mass is 10.9. The van der Waals surface area contributed by atoms with Crippen LogP contribution in [0.15, 0.2) is 5.51 Å². The van der Waals surface area contributed by atoms with Crippen molar-refractivity contribution in [2.45, 2.75) is 6.92 Å². The molecule has 0 saturated carbocycles. The van der Waals surface area contributed by atoms with Crippen LogP contribution in [0.2, 0.25) is 0 Å². The fourth-order valence-electron chi connectivity index (χ4n) is 0.351. The van der Waals surface area contributed by atoms with Gasteiger partial charge in [0.15, 0.2) is 0 Å². The smallest absolute Gasteiger partial charge is 0.229 e. The van der Waals surface area contributed by atoms with Crippen molar-refractivity contribution in [1.82, 2.24) is 10.2 Å². The van der Waals surface area contributed by atoms with Gasteiger partial charge in [-0.3, -0.25) is 4.84 Å². The Hall–Kier alpha value is -0.680. The fourth-order valence-corrected chi connectivity index (χ4v) is 0.747. The minimum atomic E-state index is 0.625. The molecule has 0 amide bonds. The molecule has 1 aromatic rings. The quantitative estimate of drug-likeness (QED) is 0.642. The van der Waals surface area contributed by atoms with Crippen LogP contribution in [0.5, 0.6) is 0 Å². The predicted molar refractivity (Wildman–Crippen MR) is 35.2 cm³/mol. The first-order valence-corrected chi connectivity index (χ1v) is 3.45. The van der Waals surface area contributed by atoms with E-state index in [0.29, 0.717) is 11.7 Å². The maximum absolute atomic E-state index is 4.84. The van der Waals surface area contributed by atoms with Gasteiger partial charge in [0.05, 0.1) is 6.61 Å². The molecule has 0 aliphatic heterocycles. The minimum absolute atomic E-state index is 0.625. The molecule has 50 valence electrons. The van der Waals surface area contributed by atoms with E-state index >= 15 is 0 Å². The number of hydrogen-bond acceptors (Lipinski definition) is 5. The first-order chi connectivity index (χ1) is 4.43. The molecule has 9 heavy (non-hydrogen) atoms. The lowest BCUT2D eigenvalue weighted by Gasteiger charge is -1.96. The summed E-state index contributed by atoms with van der Waals surface area (Å²) < 4.78 is 0. The molecule has 4 nitrogen and oxygen atoms in total. The van der Waals surface area contributed by atoms with Crippen LogP contribution in [0.3, 0.4) is 0 Å². The SMILES string of the molecule is CCONc1nncs1. The van der Waals surface area contributed by atoms with Crippen LogP contribution in [0.1, 0.15) is 6.92 Å². The molecular formula is C4H7N3OS. The highest BCUT2D eigenvalue weighted by Crippen LogP contribution is 2.06. The molecule has 1 N–H and O–H groups in total. The van der Waals surface area contributed by atoms with Crippen molar-refractivity contribution in [1.29, 1.82) is 0 Å². The first-order valence-electron chi connectivity index (χ1n) is 2.57. The van der Waals surface area contributed by atoms with Crippen LogP contribution in [-0.2, 0) is 4.84 Å². The van der Waals surface area contributed by atoms with Gasteiger partial charge in [0.25, 0.3) is 0 Å². The van der Waals surface area contributed by atoms with E-state index in [1.165, 1.54) is 11.3 Å². The van der Waals surface area contributed by atoms with E-state index in [0.717, 1.165) is 0 Å². The lowest BCUT2D eigenvalue weighted by Crippen LogP contribution is -1.98.